The smallest absolute Gasteiger partial charge is 0.320 e. The third-order valence-corrected chi connectivity index (χ3v) is 3.29. The molecule has 0 aliphatic carbocycles. The van der Waals surface area contributed by atoms with Gasteiger partial charge in [0.1, 0.15) is 12.1 Å². The number of carbonyl (C=O) groups excluding carboxylic acids is 1. The lowest BCUT2D eigenvalue weighted by atomic mass is 9.86. The molecule has 0 spiro atoms. The number of aliphatic carboxylic acids is 1. The molecule has 20 heavy (non-hydrogen) atoms. The van der Waals surface area contributed by atoms with E-state index in [0.29, 0.717) is 0 Å². The van der Waals surface area contributed by atoms with Gasteiger partial charge in [0.25, 0.3) is 0 Å². The van der Waals surface area contributed by atoms with Gasteiger partial charge in [0, 0.05) is 13.3 Å². The zero-order valence-corrected chi connectivity index (χ0v) is 10.9. The van der Waals surface area contributed by atoms with Crippen LogP contribution in [0, 0.1) is 0 Å². The van der Waals surface area contributed by atoms with Crippen molar-refractivity contribution in [2.45, 2.75) is 49.8 Å². The van der Waals surface area contributed by atoms with Crippen molar-refractivity contribution in [2.24, 2.45) is 0 Å². The number of carboxylic acids is 1. The minimum absolute atomic E-state index is 0.154. The van der Waals surface area contributed by atoms with Gasteiger partial charge in [0.2, 0.25) is 5.91 Å². The van der Waals surface area contributed by atoms with E-state index in [1.165, 1.54) is 6.92 Å². The fourth-order valence-corrected chi connectivity index (χ4v) is 2.28. The van der Waals surface area contributed by atoms with Crippen LogP contribution in [0.15, 0.2) is 0 Å². The van der Waals surface area contributed by atoms with Gasteiger partial charge in [-0.3, -0.25) is 14.9 Å². The zero-order chi connectivity index (χ0) is 15.4. The number of rotatable bonds is 5. The lowest BCUT2D eigenvalue weighted by Gasteiger charge is -2.42. The van der Waals surface area contributed by atoms with E-state index in [1.807, 2.05) is 0 Å². The Labute approximate surface area is 115 Å². The van der Waals surface area contributed by atoms with Crippen LogP contribution >= 0.6 is 0 Å². The lowest BCUT2D eigenvalue weighted by Crippen LogP contribution is -2.69. The van der Waals surface area contributed by atoms with E-state index in [2.05, 4.69) is 10.6 Å². The first-order valence-corrected chi connectivity index (χ1v) is 6.19. The largest absolute Gasteiger partial charge is 0.480 e. The number of nitrogens with one attached hydrogen (secondary N) is 2. The summed E-state index contributed by atoms with van der Waals surface area (Å²) < 4.78 is 0. The molecule has 1 aliphatic rings. The first-order chi connectivity index (χ1) is 9.27. The molecule has 0 radical (unpaired) electrons. The summed E-state index contributed by atoms with van der Waals surface area (Å²) in [6.45, 7) is 0.474. The molecular weight excluding hydrogens is 272 g/mol. The highest BCUT2D eigenvalue weighted by Gasteiger charge is 2.44. The highest BCUT2D eigenvalue weighted by Crippen LogP contribution is 2.19. The average Bonchev–Trinajstić information content (AvgIpc) is 2.38. The maximum Gasteiger partial charge on any atom is 0.320 e. The second-order valence-corrected chi connectivity index (χ2v) is 4.85. The summed E-state index contributed by atoms with van der Waals surface area (Å²) in [5, 5.41) is 52.1. The molecule has 0 aromatic heterocycles. The van der Waals surface area contributed by atoms with Crippen LogP contribution in [0.4, 0.5) is 0 Å². The maximum absolute atomic E-state index is 11.1. The normalized spacial score (nSPS) is 33.2. The average molecular weight is 292 g/mol. The van der Waals surface area contributed by atoms with Gasteiger partial charge in [-0.25, -0.2) is 0 Å². The third-order valence-electron chi connectivity index (χ3n) is 3.29. The number of hydrogen-bond acceptors (Lipinski definition) is 7. The standard InChI is InChI=1S/C11H20N2O7/c1-4(15)12-8-6(16)2-5(11(19)20)13-9(8)10(18)7(17)3-14/h5-10,13-14,16-18H,2-3H2,1H3,(H,12,15)(H,19,20)/t5-,6+,7+,8+,9?,10+/m0/s1. The van der Waals surface area contributed by atoms with Crippen LogP contribution in [-0.4, -0.2) is 80.5 Å². The molecule has 116 valence electrons. The van der Waals surface area contributed by atoms with Crippen molar-refractivity contribution >= 4 is 11.9 Å². The van der Waals surface area contributed by atoms with Crippen LogP contribution < -0.4 is 10.6 Å². The van der Waals surface area contributed by atoms with Crippen LogP contribution in [0.3, 0.4) is 0 Å². The molecule has 1 rings (SSSR count). The van der Waals surface area contributed by atoms with E-state index in [4.69, 9.17) is 10.2 Å². The van der Waals surface area contributed by atoms with Crippen LogP contribution in [0.2, 0.25) is 0 Å². The van der Waals surface area contributed by atoms with Crippen LogP contribution in [0.1, 0.15) is 13.3 Å². The minimum Gasteiger partial charge on any atom is -0.480 e. The van der Waals surface area contributed by atoms with Crippen molar-refractivity contribution in [3.8, 4) is 0 Å². The summed E-state index contributed by atoms with van der Waals surface area (Å²) in [6, 6.07) is -3.20. The molecule has 1 aliphatic heterocycles. The topological polar surface area (TPSA) is 159 Å². The Bertz CT molecular complexity index is 365. The van der Waals surface area contributed by atoms with E-state index in [0.717, 1.165) is 0 Å². The highest BCUT2D eigenvalue weighted by molar-refractivity contribution is 5.75. The first kappa shape index (κ1) is 16.8. The molecule has 0 aromatic rings. The Morgan fingerprint density at radius 2 is 2.00 bits per heavy atom. The van der Waals surface area contributed by atoms with Crippen molar-refractivity contribution < 1.29 is 35.1 Å². The van der Waals surface area contributed by atoms with Crippen LogP contribution in [0.25, 0.3) is 0 Å². The second kappa shape index (κ2) is 6.95. The Morgan fingerprint density at radius 1 is 1.40 bits per heavy atom. The molecule has 0 saturated carbocycles. The summed E-state index contributed by atoms with van der Waals surface area (Å²) in [5.74, 6) is -1.69. The number of aliphatic hydroxyl groups excluding tert-OH is 4. The Morgan fingerprint density at radius 3 is 2.45 bits per heavy atom. The molecule has 0 aromatic carbocycles. The first-order valence-electron chi connectivity index (χ1n) is 6.19. The number of piperidine rings is 1. The van der Waals surface area contributed by atoms with Gasteiger partial charge < -0.3 is 30.8 Å². The molecule has 1 unspecified atom stereocenters. The van der Waals surface area contributed by atoms with Gasteiger partial charge in [0.15, 0.2) is 0 Å². The van der Waals surface area contributed by atoms with E-state index < -0.39 is 54.9 Å². The van der Waals surface area contributed by atoms with Gasteiger partial charge >= 0.3 is 5.97 Å². The van der Waals surface area contributed by atoms with Crippen molar-refractivity contribution in [1.82, 2.24) is 10.6 Å². The van der Waals surface area contributed by atoms with Crippen molar-refractivity contribution in [1.29, 1.82) is 0 Å². The molecule has 0 bridgehead atoms. The van der Waals surface area contributed by atoms with Gasteiger partial charge in [-0.15, -0.1) is 0 Å². The fourth-order valence-electron chi connectivity index (χ4n) is 2.28. The fraction of sp³-hybridized carbons (Fsp3) is 0.818. The lowest BCUT2D eigenvalue weighted by molar-refractivity contribution is -0.144. The molecule has 1 amide bonds. The quantitative estimate of drug-likeness (QED) is 0.273. The number of carbonyl (C=O) groups is 2. The molecule has 9 nitrogen and oxygen atoms in total. The van der Waals surface area contributed by atoms with Gasteiger partial charge in [-0.1, -0.05) is 0 Å². The van der Waals surface area contributed by atoms with Gasteiger partial charge in [-0.2, -0.15) is 0 Å². The van der Waals surface area contributed by atoms with E-state index in [-0.39, 0.29) is 6.42 Å². The van der Waals surface area contributed by atoms with E-state index >= 15 is 0 Å². The number of aliphatic hydroxyl groups is 4. The number of carboxylic acid groups (broad SMARTS) is 1. The van der Waals surface area contributed by atoms with Crippen molar-refractivity contribution in [2.75, 3.05) is 6.61 Å². The SMILES string of the molecule is CC(=O)N[C@H]1C([C@H](O)[C@H](O)CO)N[C@H](C(=O)O)C[C@H]1O. The monoisotopic (exact) mass is 292 g/mol. The van der Waals surface area contributed by atoms with Crippen molar-refractivity contribution in [3.63, 3.8) is 0 Å². The minimum atomic E-state index is -1.55. The molecule has 9 heteroatoms. The summed E-state index contributed by atoms with van der Waals surface area (Å²) in [6.07, 6.45) is -4.43. The summed E-state index contributed by atoms with van der Waals surface area (Å²) in [4.78, 5) is 22.1. The van der Waals surface area contributed by atoms with Crippen molar-refractivity contribution in [3.05, 3.63) is 0 Å². The summed E-state index contributed by atoms with van der Waals surface area (Å²) >= 11 is 0. The molecule has 1 heterocycles. The zero-order valence-electron chi connectivity index (χ0n) is 10.9. The van der Waals surface area contributed by atoms with Crippen LogP contribution in [-0.2, 0) is 9.59 Å². The maximum atomic E-state index is 11.1. The van der Waals surface area contributed by atoms with Gasteiger partial charge in [-0.05, 0) is 0 Å². The number of hydrogen-bond donors (Lipinski definition) is 7. The van der Waals surface area contributed by atoms with Gasteiger partial charge in [0.05, 0.1) is 30.9 Å². The Hall–Kier alpha value is -1.26. The molecule has 6 atom stereocenters. The Kier molecular flexibility index (Phi) is 5.84. The predicted molar refractivity (Wildman–Crippen MR) is 65.7 cm³/mol. The third kappa shape index (κ3) is 3.87. The molecular formula is C11H20N2O7. The van der Waals surface area contributed by atoms with Crippen LogP contribution in [0.5, 0.6) is 0 Å². The second-order valence-electron chi connectivity index (χ2n) is 4.85. The predicted octanol–water partition coefficient (Wildman–Crippen LogP) is -3.62. The summed E-state index contributed by atoms with van der Waals surface area (Å²) in [5.41, 5.74) is 0. The molecule has 1 saturated heterocycles. The Balaban J connectivity index is 2.94. The van der Waals surface area contributed by atoms with E-state index in [9.17, 15) is 24.9 Å². The summed E-state index contributed by atoms with van der Waals surface area (Å²) in [7, 11) is 0. The highest BCUT2D eigenvalue weighted by atomic mass is 16.4. The van der Waals surface area contributed by atoms with E-state index in [1.54, 1.807) is 0 Å². The molecule has 1 fully saturated rings. The molecule has 7 N–H and O–H groups in total. The number of amides is 1.